The Labute approximate surface area is 458 Å². The van der Waals surface area contributed by atoms with Gasteiger partial charge in [0.15, 0.2) is 10.8 Å². The molecule has 6 unspecified atom stereocenters. The van der Waals surface area contributed by atoms with Gasteiger partial charge in [-0.2, -0.15) is 0 Å². The Kier molecular flexibility index (Phi) is 22.4. The van der Waals surface area contributed by atoms with E-state index in [1.165, 1.54) is 30.9 Å². The fourth-order valence-corrected chi connectivity index (χ4v) is 11.0. The van der Waals surface area contributed by atoms with Gasteiger partial charge in [0.2, 0.25) is 17.7 Å². The lowest BCUT2D eigenvalue weighted by Crippen LogP contribution is -2.67. The number of alkyl carbamates (subject to hydrolysis) is 1. The van der Waals surface area contributed by atoms with Crippen molar-refractivity contribution in [2.24, 2.45) is 17.8 Å². The number of methoxy groups -OCH3 is 1. The summed E-state index contributed by atoms with van der Waals surface area (Å²) >= 11 is 1.00. The number of aromatic hydroxyl groups is 1. The first-order valence-electron chi connectivity index (χ1n) is 27.0. The lowest BCUT2D eigenvalue weighted by Gasteiger charge is -2.47. The highest BCUT2D eigenvalue weighted by Gasteiger charge is 2.67. The summed E-state index contributed by atoms with van der Waals surface area (Å²) in [6.45, 7) is 16.2. The molecule has 0 radical (unpaired) electrons. The van der Waals surface area contributed by atoms with Crippen LogP contribution in [0.25, 0.3) is 0 Å². The third kappa shape index (κ3) is 16.4. The van der Waals surface area contributed by atoms with E-state index in [9.17, 15) is 43.8 Å². The molecule has 20 heteroatoms. The van der Waals surface area contributed by atoms with E-state index >= 15 is 0 Å². The maximum atomic E-state index is 14.4. The number of hydrogen-bond acceptors (Lipinski definition) is 16. The summed E-state index contributed by atoms with van der Waals surface area (Å²) in [6, 6.07) is 2.30. The average Bonchev–Trinajstić information content (AvgIpc) is 4.07. The highest BCUT2D eigenvalue weighted by atomic mass is 32.2. The zero-order valence-electron chi connectivity index (χ0n) is 47.1. The maximum Gasteiger partial charge on any atom is 0.410 e. The van der Waals surface area contributed by atoms with Gasteiger partial charge in [-0.25, -0.2) is 9.59 Å². The fourth-order valence-electron chi connectivity index (χ4n) is 10.1. The van der Waals surface area contributed by atoms with E-state index in [1.54, 1.807) is 79.8 Å². The molecule has 12 atom stereocenters. The van der Waals surface area contributed by atoms with Crippen LogP contribution in [0.1, 0.15) is 131 Å². The molecule has 4 amide bonds. The molecule has 0 aromatic heterocycles. The van der Waals surface area contributed by atoms with Crippen molar-refractivity contribution < 1.29 is 72.2 Å². The zero-order valence-corrected chi connectivity index (χ0v) is 48.0. The number of nitrogens with one attached hydrogen (secondary N) is 2. The van der Waals surface area contributed by atoms with Crippen molar-refractivity contribution >= 4 is 58.3 Å². The summed E-state index contributed by atoms with van der Waals surface area (Å²) in [6.07, 6.45) is 8.75. The number of phenols is 1. The van der Waals surface area contributed by atoms with Gasteiger partial charge < -0.3 is 53.8 Å². The number of nitrogens with zero attached hydrogens (tertiary/aromatic N) is 2. The topological polar surface area (TPSA) is 249 Å². The number of aliphatic hydroxyl groups is 1. The number of likely N-dealkylation sites (N-methyl/N-ethyl adjacent to an activating group) is 1. The predicted octanol–water partition coefficient (Wildman–Crippen LogP) is 6.91. The number of anilines is 1. The first-order valence-corrected chi connectivity index (χ1v) is 28.0. The van der Waals surface area contributed by atoms with Gasteiger partial charge in [0.25, 0.3) is 0 Å². The standard InChI is InChI=1S/C57H84N4O15S/c1-13-47(63)58-26-27-72-43-20-16-14-15-17-21-44(43)73-51(66)35(3)23-24-36(4)53(68)77-28-25-48(64)60(10)39(7)52(67)74-46-32-49(65)61(11)41-30-40(31-42(62)37(41)5)29-34(2)19-18-22-45(71-12)57(70)33-55(8,76-54(69)59-57)38(6)50-56(46,9)75-50/h17-19,21-22,30-31,35-36,38-39,43-46,50,62,70H,13-16,20,23-29,32-33H2,1-12H3,(H,58,63)(H,59,69)/b21-17+,22-18+,34-19+/t35?,36?,38-,39-,43?,44?,45?,46-,50-,55-,56-,57?/m0/s1. The van der Waals surface area contributed by atoms with Crippen LogP contribution in [-0.4, -0.2) is 150 Å². The smallest absolute Gasteiger partial charge is 0.410 e. The largest absolute Gasteiger partial charge is 0.508 e. The van der Waals surface area contributed by atoms with Crippen LogP contribution in [0.2, 0.25) is 0 Å². The van der Waals surface area contributed by atoms with E-state index in [4.69, 9.17) is 28.4 Å². The fraction of sp³-hybridized carbons (Fsp3) is 0.667. The number of benzene rings is 1. The Morgan fingerprint density at radius 1 is 1.03 bits per heavy atom. The molecule has 5 rings (SSSR count). The van der Waals surface area contributed by atoms with Crippen LogP contribution < -0.4 is 15.5 Å². The number of epoxide rings is 1. The average molecular weight is 1100 g/mol. The lowest BCUT2D eigenvalue weighted by atomic mass is 9.75. The summed E-state index contributed by atoms with van der Waals surface area (Å²) in [7, 11) is 4.44. The van der Waals surface area contributed by atoms with Crippen molar-refractivity contribution in [1.29, 1.82) is 0 Å². The number of hydrogen-bond donors (Lipinski definition) is 4. The Bertz CT molecular complexity index is 2400. The number of esters is 2. The van der Waals surface area contributed by atoms with Gasteiger partial charge in [0.1, 0.15) is 41.3 Å². The first-order chi connectivity index (χ1) is 36.3. The molecule has 1 aromatic carbocycles. The molecule has 3 heterocycles. The Morgan fingerprint density at radius 2 is 1.74 bits per heavy atom. The third-order valence-corrected chi connectivity index (χ3v) is 16.8. The highest BCUT2D eigenvalue weighted by molar-refractivity contribution is 8.13. The highest BCUT2D eigenvalue weighted by Crippen LogP contribution is 2.52. The number of thioether (sulfide) groups is 1. The number of phenolic OH excluding ortho intramolecular Hbond substituents is 1. The molecule has 1 aliphatic carbocycles. The number of ether oxygens (including phenoxy) is 6. The van der Waals surface area contributed by atoms with Gasteiger partial charge in [0.05, 0.1) is 36.8 Å². The first kappa shape index (κ1) is 62.6. The second-order valence-electron chi connectivity index (χ2n) is 21.7. The van der Waals surface area contributed by atoms with Crippen LogP contribution in [0.3, 0.4) is 0 Å². The van der Waals surface area contributed by atoms with Crippen molar-refractivity contribution in [1.82, 2.24) is 15.5 Å². The quantitative estimate of drug-likeness (QED) is 0.0383. The molecule has 428 valence electrons. The number of carbonyl (C=O) groups is 7. The molecular formula is C57H84N4O15S. The van der Waals surface area contributed by atoms with Crippen LogP contribution in [0.5, 0.6) is 5.75 Å². The van der Waals surface area contributed by atoms with Gasteiger partial charge in [-0.3, -0.25) is 29.3 Å². The van der Waals surface area contributed by atoms with E-state index in [1.807, 2.05) is 25.2 Å². The molecular weight excluding hydrogens is 1010 g/mol. The van der Waals surface area contributed by atoms with Crippen molar-refractivity contribution in [3.63, 3.8) is 0 Å². The molecule has 0 spiro atoms. The third-order valence-electron chi connectivity index (χ3n) is 15.7. The van der Waals surface area contributed by atoms with E-state index in [0.717, 1.165) is 36.6 Å². The van der Waals surface area contributed by atoms with E-state index < -0.39 is 95.0 Å². The summed E-state index contributed by atoms with van der Waals surface area (Å²) in [5.74, 6) is -3.60. The molecule has 1 aromatic rings. The maximum absolute atomic E-state index is 14.4. The summed E-state index contributed by atoms with van der Waals surface area (Å²) < 4.78 is 36.2. The molecule has 2 fully saturated rings. The van der Waals surface area contributed by atoms with Gasteiger partial charge >= 0.3 is 18.0 Å². The molecule has 77 heavy (non-hydrogen) atoms. The molecule has 3 aliphatic heterocycles. The molecule has 4 aliphatic rings. The number of carbonyl (C=O) groups excluding carboxylic acids is 7. The molecule has 4 bridgehead atoms. The van der Waals surface area contributed by atoms with Crippen LogP contribution in [0.15, 0.2) is 48.1 Å². The molecule has 4 N–H and O–H groups in total. The minimum Gasteiger partial charge on any atom is -0.508 e. The SMILES string of the molecule is CCC(=O)NCCOC1CCCC/C=C/C1OC(=O)C(C)CCC(C)C(=O)SCCC(=O)N(C)[C@@H](C)C(=O)O[C@H]1CC(=O)N(C)c2cc(cc(O)c2C)C/C(C)=C/C=C/C(OC)C2(O)C[C@](C)(OC(=O)N2)[C@@H](C)[C@@H]2O[C@@]12C. The number of fused-ring (bicyclic) bond motifs is 5. The summed E-state index contributed by atoms with van der Waals surface area (Å²) in [5, 5.41) is 28.2. The Hall–Kier alpha value is -5.28. The normalized spacial score (nSPS) is 30.5. The predicted molar refractivity (Wildman–Crippen MR) is 291 cm³/mol. The number of rotatable bonds is 18. The summed E-state index contributed by atoms with van der Waals surface area (Å²) in [5.41, 5.74) is -2.10. The second kappa shape index (κ2) is 27.5. The minimum absolute atomic E-state index is 0.0192. The molecule has 0 saturated carbocycles. The Balaban J connectivity index is 1.22. The van der Waals surface area contributed by atoms with Crippen LogP contribution in [0.4, 0.5) is 10.5 Å². The van der Waals surface area contributed by atoms with Gasteiger partial charge in [-0.1, -0.05) is 75.8 Å². The second-order valence-corrected chi connectivity index (χ2v) is 22.8. The van der Waals surface area contributed by atoms with Crippen molar-refractivity contribution in [2.75, 3.05) is 45.0 Å². The van der Waals surface area contributed by atoms with Crippen molar-refractivity contribution in [3.05, 3.63) is 59.2 Å². The summed E-state index contributed by atoms with van der Waals surface area (Å²) in [4.78, 5) is 96.2. The zero-order chi connectivity index (χ0) is 57.0. The van der Waals surface area contributed by atoms with Gasteiger partial charge in [-0.15, -0.1) is 0 Å². The van der Waals surface area contributed by atoms with E-state index in [-0.39, 0.29) is 47.9 Å². The minimum atomic E-state index is -1.92. The van der Waals surface area contributed by atoms with Gasteiger partial charge in [0, 0.05) is 70.2 Å². The van der Waals surface area contributed by atoms with Crippen molar-refractivity contribution in [3.8, 4) is 5.75 Å². The lowest BCUT2D eigenvalue weighted by molar-refractivity contribution is -0.173. The monoisotopic (exact) mass is 1100 g/mol. The number of allylic oxidation sites excluding steroid dienone is 4. The van der Waals surface area contributed by atoms with Gasteiger partial charge in [-0.05, 0) is 96.9 Å². The van der Waals surface area contributed by atoms with Crippen LogP contribution in [-0.2, 0) is 63.6 Å². The van der Waals surface area contributed by atoms with E-state index in [2.05, 4.69) is 10.6 Å². The molecule has 19 nitrogen and oxygen atoms in total. The van der Waals surface area contributed by atoms with E-state index in [0.29, 0.717) is 62.1 Å². The van der Waals surface area contributed by atoms with Crippen LogP contribution >= 0.6 is 11.8 Å². The van der Waals surface area contributed by atoms with Crippen molar-refractivity contribution in [2.45, 2.75) is 186 Å². The van der Waals surface area contributed by atoms with Crippen LogP contribution in [0, 0.1) is 24.7 Å². The molecule has 2 saturated heterocycles. The number of amides is 4. The Morgan fingerprint density at radius 3 is 2.44 bits per heavy atom.